The summed E-state index contributed by atoms with van der Waals surface area (Å²) in [6.45, 7) is 9.69. The molecule has 1 aliphatic carbocycles. The molecule has 1 aromatic heterocycles. The molecule has 1 unspecified atom stereocenters. The largest absolute Gasteiger partial charge is 0.462 e. The van der Waals surface area contributed by atoms with Gasteiger partial charge >= 0.3 is 5.97 Å². The number of aliphatic hydroxyl groups is 3. The number of nitrogens with one attached hydrogen (secondary N) is 1. The highest BCUT2D eigenvalue weighted by Crippen LogP contribution is 2.36. The Bertz CT molecular complexity index is 2180. The molecular formula is C55H80N4O15. The topological polar surface area (TPSA) is 235 Å². The number of carbonyl (C=O) groups excluding carboxylic acids is 3. The number of fused-ring (bicyclic) bond motifs is 3. The number of rotatable bonds is 14. The second kappa shape index (κ2) is 28.6. The summed E-state index contributed by atoms with van der Waals surface area (Å²) >= 11 is 0. The maximum absolute atomic E-state index is 14.5. The Labute approximate surface area is 435 Å². The van der Waals surface area contributed by atoms with Crippen molar-refractivity contribution in [1.29, 1.82) is 0 Å². The van der Waals surface area contributed by atoms with Gasteiger partial charge in [-0.2, -0.15) is 0 Å². The number of oxime groups is 1. The number of amides is 1. The lowest BCUT2D eigenvalue weighted by Gasteiger charge is -2.47. The molecule has 3 aliphatic heterocycles. The molecule has 6 rings (SSSR count). The van der Waals surface area contributed by atoms with E-state index >= 15 is 0 Å². The van der Waals surface area contributed by atoms with Gasteiger partial charge in [-0.05, 0) is 102 Å². The van der Waals surface area contributed by atoms with E-state index in [0.29, 0.717) is 49.2 Å². The standard InChI is InChI=1S/C55H80N4O15/c1-10-43-39(29-69-44-21-20-42(61)52(66-8)53(44)67-9)25-32(2)14-19-41(60)33(3)26-38-22-24-68-30-40(58-71-28-36-15-17-37(18-16-36)54(65)57-46-13-11-12-23-56-46)31-70-45(27-47(62)73-43)34(4)51(38)74-55-50(64)48(59(6)7)49(63)35(5)72-55/h11-19,23,25,33-35,38-39,42-45,48-53,55,61,63-64H,10,20-22,24,26-31H2,1-9H3,(H,56,57,65)/b19-14+,32-25+,58-40+/t33-,34+,35-,38?,39-,42-,43-,44-,45-,48+,49-,50-,51-,52-,53+,55+/m1/s1. The number of ketones is 1. The summed E-state index contributed by atoms with van der Waals surface area (Å²) in [5.41, 5.74) is 2.37. The lowest BCUT2D eigenvalue weighted by molar-refractivity contribution is -0.305. The number of esters is 1. The molecule has 4 aliphatic rings. The van der Waals surface area contributed by atoms with E-state index in [0.717, 1.165) is 11.1 Å². The molecule has 16 atom stereocenters. The normalized spacial score (nSPS) is 35.8. The molecule has 0 radical (unpaired) electrons. The zero-order valence-electron chi connectivity index (χ0n) is 44.4. The number of aliphatic hydroxyl groups excluding tert-OH is 3. The van der Waals surface area contributed by atoms with Crippen molar-refractivity contribution in [2.45, 2.75) is 153 Å². The molecule has 4 heterocycles. The summed E-state index contributed by atoms with van der Waals surface area (Å²) in [6.07, 6.45) is 0.136. The number of aromatic nitrogens is 1. The molecule has 4 N–H and O–H groups in total. The molecular weight excluding hydrogens is 957 g/mol. The van der Waals surface area contributed by atoms with Crippen LogP contribution in [-0.2, 0) is 58.9 Å². The molecule has 2 aromatic rings. The highest BCUT2D eigenvalue weighted by atomic mass is 16.7. The number of carbonyl (C=O) groups is 3. The Kier molecular flexibility index (Phi) is 22.7. The van der Waals surface area contributed by atoms with Crippen LogP contribution in [0.25, 0.3) is 0 Å². The van der Waals surface area contributed by atoms with Crippen molar-refractivity contribution in [3.63, 3.8) is 0 Å². The number of cyclic esters (lactones) is 1. The maximum Gasteiger partial charge on any atom is 0.308 e. The Balaban J connectivity index is 1.29. The third-order valence-corrected chi connectivity index (χ3v) is 14.7. The SMILES string of the molecule is CC[C@H]1OC(=O)C[C@H]2OC/C(=N/OCc3ccc(C(=O)Nc4ccccn4)cc3)COCCC(C[C@@H](C)C(=O)/C=C/C(C)=C/[C@@H]1CO[C@@H]1CC[C@@H](O)[C@@H](OC)[C@H]1OC)[C@H](O[C@@H]1O[C@H](C)[C@@H](O)[C@H](N(C)C)[C@H]1O)[C@H]2C. The fourth-order valence-corrected chi connectivity index (χ4v) is 10.4. The van der Waals surface area contributed by atoms with E-state index in [2.05, 4.69) is 15.5 Å². The van der Waals surface area contributed by atoms with E-state index < -0.39 is 97.1 Å². The molecule has 1 aromatic carbocycles. The van der Waals surface area contributed by atoms with Gasteiger partial charge in [-0.3, -0.25) is 14.4 Å². The number of pyridine rings is 1. The predicted molar refractivity (Wildman–Crippen MR) is 274 cm³/mol. The third kappa shape index (κ3) is 16.0. The minimum atomic E-state index is -1.27. The number of nitrogens with zero attached hydrogens (tertiary/aromatic N) is 3. The molecule has 2 bridgehead atoms. The second-order valence-corrected chi connectivity index (χ2v) is 20.4. The Morgan fingerprint density at radius 1 is 0.932 bits per heavy atom. The first-order valence-electron chi connectivity index (χ1n) is 26.0. The smallest absolute Gasteiger partial charge is 0.308 e. The molecule has 3 fully saturated rings. The van der Waals surface area contributed by atoms with Crippen LogP contribution < -0.4 is 5.32 Å². The Morgan fingerprint density at radius 3 is 2.38 bits per heavy atom. The Hall–Kier alpha value is -4.51. The van der Waals surface area contributed by atoms with E-state index in [4.69, 9.17) is 42.7 Å². The number of allylic oxidation sites excluding steroid dienone is 3. The number of likely N-dealkylation sites (N-methyl/N-ethyl adjacent to an activating group) is 1. The molecule has 19 nitrogen and oxygen atoms in total. The summed E-state index contributed by atoms with van der Waals surface area (Å²) in [5, 5.41) is 40.8. The Morgan fingerprint density at radius 2 is 1.69 bits per heavy atom. The van der Waals surface area contributed by atoms with Crippen LogP contribution in [0, 0.1) is 23.7 Å². The van der Waals surface area contributed by atoms with Crippen molar-refractivity contribution >= 4 is 29.2 Å². The van der Waals surface area contributed by atoms with Crippen LogP contribution >= 0.6 is 0 Å². The zero-order chi connectivity index (χ0) is 53.5. The van der Waals surface area contributed by atoms with Gasteiger partial charge in [-0.25, -0.2) is 4.98 Å². The van der Waals surface area contributed by atoms with Gasteiger partial charge in [-0.1, -0.05) is 61.9 Å². The van der Waals surface area contributed by atoms with E-state index in [1.807, 2.05) is 33.8 Å². The molecule has 19 heteroatoms. The summed E-state index contributed by atoms with van der Waals surface area (Å²) in [4.78, 5) is 53.2. The van der Waals surface area contributed by atoms with E-state index in [1.54, 1.807) is 93.8 Å². The van der Waals surface area contributed by atoms with Gasteiger partial charge in [0.15, 0.2) is 12.1 Å². The number of hydrogen-bond acceptors (Lipinski definition) is 18. The maximum atomic E-state index is 14.5. The van der Waals surface area contributed by atoms with E-state index in [1.165, 1.54) is 7.11 Å². The van der Waals surface area contributed by atoms with Crippen LogP contribution in [0.3, 0.4) is 0 Å². The first kappa shape index (κ1) is 58.7. The quantitative estimate of drug-likeness (QED) is 0.143. The van der Waals surface area contributed by atoms with Crippen molar-refractivity contribution in [3.8, 4) is 0 Å². The van der Waals surface area contributed by atoms with Gasteiger partial charge in [-0.15, -0.1) is 0 Å². The van der Waals surface area contributed by atoms with Crippen LogP contribution in [0.1, 0.15) is 89.1 Å². The lowest BCUT2D eigenvalue weighted by Crippen LogP contribution is -2.63. The van der Waals surface area contributed by atoms with Crippen molar-refractivity contribution in [3.05, 3.63) is 83.6 Å². The number of anilines is 1. The number of methoxy groups -OCH3 is 2. The fraction of sp³-hybridized carbons (Fsp3) is 0.655. The average molecular weight is 1040 g/mol. The molecule has 1 saturated carbocycles. The lowest BCUT2D eigenvalue weighted by atomic mass is 9.79. The van der Waals surface area contributed by atoms with Gasteiger partial charge < -0.3 is 68.3 Å². The highest BCUT2D eigenvalue weighted by Gasteiger charge is 2.48. The minimum absolute atomic E-state index is 0.0254. The molecule has 0 spiro atoms. The highest BCUT2D eigenvalue weighted by molar-refractivity contribution is 6.03. The fourth-order valence-electron chi connectivity index (χ4n) is 10.4. The first-order valence-corrected chi connectivity index (χ1v) is 26.0. The summed E-state index contributed by atoms with van der Waals surface area (Å²) in [6, 6.07) is 11.4. The van der Waals surface area contributed by atoms with Gasteiger partial charge in [0, 0.05) is 50.3 Å². The van der Waals surface area contributed by atoms with Crippen LogP contribution in [0.15, 0.2) is 77.6 Å². The van der Waals surface area contributed by atoms with Crippen molar-refractivity contribution < 1.29 is 72.4 Å². The molecule has 410 valence electrons. The van der Waals surface area contributed by atoms with Crippen molar-refractivity contribution in [2.75, 3.05) is 60.1 Å². The van der Waals surface area contributed by atoms with E-state index in [-0.39, 0.29) is 57.1 Å². The predicted octanol–water partition coefficient (Wildman–Crippen LogP) is 5.06. The number of ether oxygens (including phenoxy) is 8. The van der Waals surface area contributed by atoms with Crippen molar-refractivity contribution in [1.82, 2.24) is 9.88 Å². The van der Waals surface area contributed by atoms with Crippen LogP contribution in [0.5, 0.6) is 0 Å². The van der Waals surface area contributed by atoms with Crippen LogP contribution in [0.4, 0.5) is 5.82 Å². The molecule has 1 amide bonds. The zero-order valence-corrected chi connectivity index (χ0v) is 44.4. The number of hydrogen-bond donors (Lipinski definition) is 4. The van der Waals surface area contributed by atoms with Gasteiger partial charge in [0.2, 0.25) is 0 Å². The molecule has 2 saturated heterocycles. The first-order chi connectivity index (χ1) is 35.5. The second-order valence-electron chi connectivity index (χ2n) is 20.4. The monoisotopic (exact) mass is 1040 g/mol. The van der Waals surface area contributed by atoms with Gasteiger partial charge in [0.05, 0.1) is 68.9 Å². The van der Waals surface area contributed by atoms with Crippen molar-refractivity contribution in [2.24, 2.45) is 28.8 Å². The van der Waals surface area contributed by atoms with Gasteiger partial charge in [0.1, 0.15) is 42.6 Å². The summed E-state index contributed by atoms with van der Waals surface area (Å²) in [5.74, 6) is -2.42. The van der Waals surface area contributed by atoms with Crippen LogP contribution in [0.2, 0.25) is 0 Å². The molecule has 74 heavy (non-hydrogen) atoms. The van der Waals surface area contributed by atoms with Crippen LogP contribution in [-0.4, -0.2) is 177 Å². The summed E-state index contributed by atoms with van der Waals surface area (Å²) < 4.78 is 50.4. The third-order valence-electron chi connectivity index (χ3n) is 14.7. The average Bonchev–Trinajstić information content (AvgIpc) is 3.40. The van der Waals surface area contributed by atoms with E-state index in [9.17, 15) is 29.7 Å². The number of benzene rings is 1. The minimum Gasteiger partial charge on any atom is -0.462 e. The summed E-state index contributed by atoms with van der Waals surface area (Å²) in [7, 11) is 6.62. The van der Waals surface area contributed by atoms with Gasteiger partial charge in [0.25, 0.3) is 5.91 Å².